The molecule has 4 rings (SSSR count). The molecule has 0 unspecified atom stereocenters. The number of anilines is 1. The van der Waals surface area contributed by atoms with Gasteiger partial charge < -0.3 is 14.6 Å². The Bertz CT molecular complexity index is 1170. The van der Waals surface area contributed by atoms with Crippen molar-refractivity contribution in [3.8, 4) is 11.6 Å². The van der Waals surface area contributed by atoms with E-state index < -0.39 is 0 Å². The number of aryl methyl sites for hydroxylation is 1. The summed E-state index contributed by atoms with van der Waals surface area (Å²) < 4.78 is 12.4. The molecule has 4 aromatic rings. The highest BCUT2D eigenvalue weighted by Gasteiger charge is 2.13. The van der Waals surface area contributed by atoms with Crippen LogP contribution in [-0.4, -0.2) is 43.4 Å². The molecule has 9 heteroatoms. The number of hydrogen-bond acceptors (Lipinski definition) is 7. The first kappa shape index (κ1) is 19.0. The van der Waals surface area contributed by atoms with Gasteiger partial charge in [0.2, 0.25) is 0 Å². The number of methoxy groups -OCH3 is 1. The molecule has 0 atom stereocenters. The third kappa shape index (κ3) is 3.96. The Morgan fingerprint density at radius 1 is 1.24 bits per heavy atom. The number of benzene rings is 1. The summed E-state index contributed by atoms with van der Waals surface area (Å²) >= 11 is 1.43. The Hall–Kier alpha value is -3.30. The van der Waals surface area contributed by atoms with Crippen LogP contribution < -0.4 is 9.46 Å². The molecule has 0 aliphatic carbocycles. The molecule has 3 heterocycles. The standard InChI is InChI=1S/C20H20N6O2S/c1-25-20-15(11-22-25)5-6-17(28-2)19(20)24-29-16-12-23-26(13-16)18-10-14(4-3-9-27)7-8-21-18/h3-8,10-13,24,27H,9H2,1-2H3/b4-3+. The van der Waals surface area contributed by atoms with Crippen molar-refractivity contribution in [2.45, 2.75) is 4.90 Å². The summed E-state index contributed by atoms with van der Waals surface area (Å²) in [6, 6.07) is 7.68. The van der Waals surface area contributed by atoms with Crippen LogP contribution in [0.5, 0.6) is 5.75 Å². The minimum atomic E-state index is -0.00123. The van der Waals surface area contributed by atoms with Gasteiger partial charge in [-0.3, -0.25) is 4.68 Å². The minimum Gasteiger partial charge on any atom is -0.494 e. The fourth-order valence-electron chi connectivity index (χ4n) is 2.96. The van der Waals surface area contributed by atoms with E-state index in [1.54, 1.807) is 30.3 Å². The van der Waals surface area contributed by atoms with Gasteiger partial charge in [-0.15, -0.1) is 0 Å². The first-order chi connectivity index (χ1) is 14.2. The minimum absolute atomic E-state index is 0.00123. The van der Waals surface area contributed by atoms with E-state index in [1.165, 1.54) is 11.9 Å². The molecule has 0 saturated carbocycles. The second-order valence-corrected chi connectivity index (χ2v) is 7.09. The van der Waals surface area contributed by atoms with Gasteiger partial charge in [-0.25, -0.2) is 9.67 Å². The average molecular weight is 408 g/mol. The fraction of sp³-hybridized carbons (Fsp3) is 0.150. The van der Waals surface area contributed by atoms with Crippen molar-refractivity contribution in [2.75, 3.05) is 18.4 Å². The second-order valence-electron chi connectivity index (χ2n) is 6.21. The molecule has 0 saturated heterocycles. The van der Waals surface area contributed by atoms with Gasteiger partial charge in [-0.2, -0.15) is 10.2 Å². The highest BCUT2D eigenvalue weighted by atomic mass is 32.2. The molecule has 148 valence electrons. The lowest BCUT2D eigenvalue weighted by molar-refractivity contribution is 0.343. The zero-order chi connectivity index (χ0) is 20.2. The summed E-state index contributed by atoms with van der Waals surface area (Å²) in [5, 5.41) is 18.7. The topological polar surface area (TPSA) is 90.0 Å². The number of ether oxygens (including phenoxy) is 1. The quantitative estimate of drug-likeness (QED) is 0.454. The zero-order valence-electron chi connectivity index (χ0n) is 16.0. The first-order valence-electron chi connectivity index (χ1n) is 8.89. The summed E-state index contributed by atoms with van der Waals surface area (Å²) in [5.41, 5.74) is 2.77. The molecule has 1 aromatic carbocycles. The van der Waals surface area contributed by atoms with E-state index in [4.69, 9.17) is 9.84 Å². The number of rotatable bonds is 7. The normalized spacial score (nSPS) is 11.4. The van der Waals surface area contributed by atoms with Crippen molar-refractivity contribution in [3.05, 3.63) is 60.7 Å². The molecular weight excluding hydrogens is 388 g/mol. The summed E-state index contributed by atoms with van der Waals surface area (Å²) in [4.78, 5) is 5.29. The number of aliphatic hydroxyl groups is 1. The van der Waals surface area contributed by atoms with Crippen molar-refractivity contribution < 1.29 is 9.84 Å². The van der Waals surface area contributed by atoms with Gasteiger partial charge in [-0.1, -0.05) is 12.2 Å². The molecule has 0 amide bonds. The number of nitrogens with one attached hydrogen (secondary N) is 1. The molecular formula is C20H20N6O2S. The van der Waals surface area contributed by atoms with E-state index in [2.05, 4.69) is 19.9 Å². The number of pyridine rings is 1. The predicted octanol–water partition coefficient (Wildman–Crippen LogP) is 3.29. The van der Waals surface area contributed by atoms with Gasteiger partial charge >= 0.3 is 0 Å². The number of hydrogen-bond donors (Lipinski definition) is 2. The molecule has 0 aliphatic heterocycles. The lowest BCUT2D eigenvalue weighted by Crippen LogP contribution is -1.98. The Morgan fingerprint density at radius 3 is 2.97 bits per heavy atom. The molecule has 0 radical (unpaired) electrons. The van der Waals surface area contributed by atoms with Crippen molar-refractivity contribution >= 4 is 34.6 Å². The lowest BCUT2D eigenvalue weighted by Gasteiger charge is -2.11. The maximum absolute atomic E-state index is 8.93. The highest BCUT2D eigenvalue weighted by Crippen LogP contribution is 2.36. The van der Waals surface area contributed by atoms with Gasteiger partial charge in [0.05, 0.1) is 36.5 Å². The smallest absolute Gasteiger partial charge is 0.153 e. The van der Waals surface area contributed by atoms with Crippen LogP contribution >= 0.6 is 11.9 Å². The third-order valence-electron chi connectivity index (χ3n) is 4.33. The van der Waals surface area contributed by atoms with Gasteiger partial charge in [0.1, 0.15) is 11.4 Å². The van der Waals surface area contributed by atoms with E-state index in [0.717, 1.165) is 32.8 Å². The molecule has 0 bridgehead atoms. The average Bonchev–Trinajstić information content (AvgIpc) is 3.38. The van der Waals surface area contributed by atoms with Gasteiger partial charge in [0.25, 0.3) is 0 Å². The van der Waals surface area contributed by atoms with Gasteiger partial charge in [0.15, 0.2) is 5.82 Å². The summed E-state index contributed by atoms with van der Waals surface area (Å²) in [6.07, 6.45) is 10.7. The van der Waals surface area contributed by atoms with E-state index in [-0.39, 0.29) is 6.61 Å². The molecule has 0 fully saturated rings. The third-order valence-corrected chi connectivity index (χ3v) is 5.09. The number of fused-ring (bicyclic) bond motifs is 1. The maximum atomic E-state index is 8.93. The van der Waals surface area contributed by atoms with Crippen molar-refractivity contribution in [1.82, 2.24) is 24.5 Å². The Kier molecular flexibility index (Phi) is 5.50. The lowest BCUT2D eigenvalue weighted by atomic mass is 10.2. The molecule has 0 spiro atoms. The van der Waals surface area contributed by atoms with E-state index >= 15 is 0 Å². The number of nitrogens with zero attached hydrogens (tertiary/aromatic N) is 5. The zero-order valence-corrected chi connectivity index (χ0v) is 16.8. The summed E-state index contributed by atoms with van der Waals surface area (Å²) in [5.74, 6) is 1.44. The Balaban J connectivity index is 1.56. The van der Waals surface area contributed by atoms with Crippen LogP contribution in [0, 0.1) is 0 Å². The highest BCUT2D eigenvalue weighted by molar-refractivity contribution is 8.00. The van der Waals surface area contributed by atoms with Crippen LogP contribution in [0.25, 0.3) is 22.8 Å². The Labute approximate surface area is 172 Å². The van der Waals surface area contributed by atoms with Crippen molar-refractivity contribution in [1.29, 1.82) is 0 Å². The maximum Gasteiger partial charge on any atom is 0.153 e. The molecule has 8 nitrogen and oxygen atoms in total. The Morgan fingerprint density at radius 2 is 2.14 bits per heavy atom. The molecule has 29 heavy (non-hydrogen) atoms. The SMILES string of the molecule is COc1ccc2cnn(C)c2c1NSc1cnn(-c2cc(/C=C/CO)ccn2)c1. The fourth-order valence-corrected chi connectivity index (χ4v) is 3.63. The van der Waals surface area contributed by atoms with E-state index in [9.17, 15) is 0 Å². The van der Waals surface area contributed by atoms with Crippen LogP contribution in [0.3, 0.4) is 0 Å². The van der Waals surface area contributed by atoms with E-state index in [0.29, 0.717) is 5.82 Å². The number of aromatic nitrogens is 5. The summed E-state index contributed by atoms with van der Waals surface area (Å²) in [6.45, 7) is -0.00123. The van der Waals surface area contributed by atoms with Crippen LogP contribution in [0.1, 0.15) is 5.56 Å². The summed E-state index contributed by atoms with van der Waals surface area (Å²) in [7, 11) is 3.55. The first-order valence-corrected chi connectivity index (χ1v) is 9.71. The van der Waals surface area contributed by atoms with E-state index in [1.807, 2.05) is 54.5 Å². The molecule has 2 N–H and O–H groups in total. The van der Waals surface area contributed by atoms with Crippen molar-refractivity contribution in [2.24, 2.45) is 7.05 Å². The van der Waals surface area contributed by atoms with Crippen LogP contribution in [0.15, 0.2) is 60.0 Å². The second kappa shape index (κ2) is 8.38. The van der Waals surface area contributed by atoms with Crippen molar-refractivity contribution in [3.63, 3.8) is 0 Å². The molecule has 3 aromatic heterocycles. The predicted molar refractivity (Wildman–Crippen MR) is 114 cm³/mol. The molecule has 0 aliphatic rings. The van der Waals surface area contributed by atoms with Crippen LogP contribution in [-0.2, 0) is 7.05 Å². The van der Waals surface area contributed by atoms with Crippen LogP contribution in [0.2, 0.25) is 0 Å². The van der Waals surface area contributed by atoms with Gasteiger partial charge in [0, 0.05) is 24.8 Å². The van der Waals surface area contributed by atoms with Gasteiger partial charge in [-0.05, 0) is 41.8 Å². The monoisotopic (exact) mass is 408 g/mol. The van der Waals surface area contributed by atoms with Crippen LogP contribution in [0.4, 0.5) is 5.69 Å². The largest absolute Gasteiger partial charge is 0.494 e. The number of aliphatic hydroxyl groups excluding tert-OH is 1.